The van der Waals surface area contributed by atoms with Crippen molar-refractivity contribution in [2.45, 2.75) is 37.8 Å². The SMILES string of the molecule is c1n[nH]cc1-c1ccc(-c2ccc(N3CC[C@@]45CCN[C@@H]4CC[C@@H]35)nn2)c2[nH]ncc12. The maximum Gasteiger partial charge on any atom is 0.151 e. The fourth-order valence-electron chi connectivity index (χ4n) is 6.47. The molecule has 0 amide bonds. The van der Waals surface area contributed by atoms with E-state index in [-0.39, 0.29) is 0 Å². The Hall–Kier alpha value is -3.26. The first-order valence-corrected chi connectivity index (χ1v) is 11.1. The fraction of sp³-hybridized carbons (Fsp3) is 0.391. The minimum absolute atomic E-state index is 0.450. The van der Waals surface area contributed by atoms with E-state index in [1.807, 2.05) is 18.6 Å². The Morgan fingerprint density at radius 1 is 0.968 bits per heavy atom. The van der Waals surface area contributed by atoms with Gasteiger partial charge in [0.2, 0.25) is 0 Å². The van der Waals surface area contributed by atoms with Crippen molar-refractivity contribution >= 4 is 16.7 Å². The minimum atomic E-state index is 0.450. The zero-order valence-electron chi connectivity index (χ0n) is 17.2. The maximum atomic E-state index is 4.68. The summed E-state index contributed by atoms with van der Waals surface area (Å²) in [5, 5.41) is 28.5. The lowest BCUT2D eigenvalue weighted by Gasteiger charge is -2.32. The van der Waals surface area contributed by atoms with Crippen molar-refractivity contribution in [1.29, 1.82) is 0 Å². The molecule has 7 rings (SSSR count). The lowest BCUT2D eigenvalue weighted by Crippen LogP contribution is -2.39. The van der Waals surface area contributed by atoms with Gasteiger partial charge in [-0.2, -0.15) is 10.2 Å². The number of anilines is 1. The van der Waals surface area contributed by atoms with Crippen molar-refractivity contribution in [2.24, 2.45) is 5.41 Å². The van der Waals surface area contributed by atoms with E-state index in [9.17, 15) is 0 Å². The third kappa shape index (κ3) is 2.39. The standard InChI is InChI=1S/C23H24N8/c1-2-16(22-17(13-27-30-22)15(1)14-11-25-26-12-14)18-3-6-21(29-28-18)31-10-8-23-7-9-24-19(23)4-5-20(23)31/h1-3,6,11-13,19-20,24H,4-5,7-10H2,(H,25,26)(H,27,30)/t19-,20-,23+/m1/s1. The Kier molecular flexibility index (Phi) is 3.58. The van der Waals surface area contributed by atoms with Gasteiger partial charge in [0.05, 0.1) is 23.6 Å². The van der Waals surface area contributed by atoms with Gasteiger partial charge in [0, 0.05) is 46.8 Å². The van der Waals surface area contributed by atoms with E-state index in [1.165, 1.54) is 25.7 Å². The molecule has 4 aromatic rings. The second kappa shape index (κ2) is 6.37. The first-order chi connectivity index (χ1) is 15.3. The Morgan fingerprint density at radius 3 is 2.81 bits per heavy atom. The van der Waals surface area contributed by atoms with Crippen LogP contribution in [0.15, 0.2) is 42.9 Å². The number of nitrogens with one attached hydrogen (secondary N) is 3. The summed E-state index contributed by atoms with van der Waals surface area (Å²) in [5.41, 5.74) is 5.42. The van der Waals surface area contributed by atoms with Crippen molar-refractivity contribution in [1.82, 2.24) is 35.9 Å². The van der Waals surface area contributed by atoms with Gasteiger partial charge >= 0.3 is 0 Å². The van der Waals surface area contributed by atoms with E-state index in [2.05, 4.69) is 65.1 Å². The van der Waals surface area contributed by atoms with Gasteiger partial charge in [-0.3, -0.25) is 10.2 Å². The summed E-state index contributed by atoms with van der Waals surface area (Å²) in [6, 6.07) is 9.72. The Balaban J connectivity index is 1.23. The zero-order chi connectivity index (χ0) is 20.4. The molecule has 1 saturated carbocycles. The molecule has 3 N–H and O–H groups in total. The van der Waals surface area contributed by atoms with Crippen molar-refractivity contribution in [2.75, 3.05) is 18.0 Å². The van der Waals surface area contributed by atoms with Crippen molar-refractivity contribution < 1.29 is 0 Å². The second-order valence-electron chi connectivity index (χ2n) is 9.11. The average molecular weight is 413 g/mol. The number of aromatic nitrogens is 6. The lowest BCUT2D eigenvalue weighted by atomic mass is 9.79. The molecule has 0 radical (unpaired) electrons. The van der Waals surface area contributed by atoms with Crippen LogP contribution in [0.1, 0.15) is 25.7 Å². The van der Waals surface area contributed by atoms with Gasteiger partial charge in [-0.25, -0.2) is 0 Å². The normalized spacial score (nSPS) is 27.2. The molecule has 2 saturated heterocycles. The predicted molar refractivity (Wildman–Crippen MR) is 119 cm³/mol. The van der Waals surface area contributed by atoms with Crippen LogP contribution in [0.4, 0.5) is 5.82 Å². The highest BCUT2D eigenvalue weighted by molar-refractivity contribution is 6.01. The quantitative estimate of drug-likeness (QED) is 0.478. The highest BCUT2D eigenvalue weighted by Gasteiger charge is 2.58. The third-order valence-electron chi connectivity index (χ3n) is 7.91. The molecular formula is C23H24N8. The molecule has 1 aromatic carbocycles. The van der Waals surface area contributed by atoms with Crippen LogP contribution >= 0.6 is 0 Å². The first-order valence-electron chi connectivity index (χ1n) is 11.1. The lowest BCUT2D eigenvalue weighted by molar-refractivity contribution is 0.284. The molecule has 0 bridgehead atoms. The fourth-order valence-corrected chi connectivity index (χ4v) is 6.47. The third-order valence-corrected chi connectivity index (χ3v) is 7.91. The van der Waals surface area contributed by atoms with Crippen LogP contribution < -0.4 is 10.2 Å². The van der Waals surface area contributed by atoms with Crippen LogP contribution in [-0.4, -0.2) is 55.8 Å². The molecule has 2 aliphatic heterocycles. The highest BCUT2D eigenvalue weighted by atomic mass is 15.3. The van der Waals surface area contributed by atoms with Gasteiger partial charge in [-0.05, 0) is 56.0 Å². The van der Waals surface area contributed by atoms with Gasteiger partial charge in [-0.1, -0.05) is 6.07 Å². The van der Waals surface area contributed by atoms with Gasteiger partial charge in [-0.15, -0.1) is 10.2 Å². The summed E-state index contributed by atoms with van der Waals surface area (Å²) in [7, 11) is 0. The molecule has 8 heteroatoms. The van der Waals surface area contributed by atoms with E-state index in [4.69, 9.17) is 0 Å². The maximum absolute atomic E-state index is 4.68. The van der Waals surface area contributed by atoms with Crippen LogP contribution in [0.25, 0.3) is 33.3 Å². The average Bonchev–Trinajstić information content (AvgIpc) is 3.60. The van der Waals surface area contributed by atoms with Crippen LogP contribution in [0, 0.1) is 5.41 Å². The molecule has 8 nitrogen and oxygen atoms in total. The summed E-state index contributed by atoms with van der Waals surface area (Å²) in [6.07, 6.45) is 10.7. The molecule has 31 heavy (non-hydrogen) atoms. The number of H-pyrrole nitrogens is 2. The Labute approximate surface area is 179 Å². The van der Waals surface area contributed by atoms with Crippen molar-refractivity contribution in [3.8, 4) is 22.4 Å². The number of rotatable bonds is 3. The van der Waals surface area contributed by atoms with E-state index in [1.54, 1.807) is 0 Å². The molecule has 3 aromatic heterocycles. The van der Waals surface area contributed by atoms with Crippen molar-refractivity contribution in [3.63, 3.8) is 0 Å². The van der Waals surface area contributed by atoms with E-state index in [0.717, 1.165) is 52.2 Å². The molecule has 0 unspecified atom stereocenters. The molecule has 3 atom stereocenters. The summed E-state index contributed by atoms with van der Waals surface area (Å²) >= 11 is 0. The molecule has 3 fully saturated rings. The molecule has 3 aliphatic rings. The van der Waals surface area contributed by atoms with Gasteiger partial charge in [0.1, 0.15) is 0 Å². The topological polar surface area (TPSA) is 98.4 Å². The summed E-state index contributed by atoms with van der Waals surface area (Å²) in [5.74, 6) is 1.01. The van der Waals surface area contributed by atoms with E-state index < -0.39 is 0 Å². The number of nitrogens with zero attached hydrogens (tertiary/aromatic N) is 5. The number of aromatic amines is 2. The minimum Gasteiger partial charge on any atom is -0.352 e. The largest absolute Gasteiger partial charge is 0.352 e. The second-order valence-corrected chi connectivity index (χ2v) is 9.11. The Morgan fingerprint density at radius 2 is 1.94 bits per heavy atom. The van der Waals surface area contributed by atoms with Crippen LogP contribution in [0.3, 0.4) is 0 Å². The number of benzene rings is 1. The highest BCUT2D eigenvalue weighted by Crippen LogP contribution is 2.54. The zero-order valence-corrected chi connectivity index (χ0v) is 17.2. The predicted octanol–water partition coefficient (Wildman–Crippen LogP) is 3.13. The molecule has 156 valence electrons. The number of hydrogen-bond donors (Lipinski definition) is 3. The van der Waals surface area contributed by atoms with Gasteiger partial charge in [0.15, 0.2) is 5.82 Å². The Bertz CT molecular complexity index is 1240. The van der Waals surface area contributed by atoms with Crippen LogP contribution in [0.5, 0.6) is 0 Å². The first kappa shape index (κ1) is 17.4. The molecule has 1 spiro atoms. The monoisotopic (exact) mass is 412 g/mol. The van der Waals surface area contributed by atoms with Gasteiger partial charge in [0.25, 0.3) is 0 Å². The summed E-state index contributed by atoms with van der Waals surface area (Å²) in [6.45, 7) is 2.25. The summed E-state index contributed by atoms with van der Waals surface area (Å²) in [4.78, 5) is 2.51. The number of hydrogen-bond acceptors (Lipinski definition) is 6. The molecule has 5 heterocycles. The van der Waals surface area contributed by atoms with Crippen LogP contribution in [0.2, 0.25) is 0 Å². The number of fused-ring (bicyclic) bond motifs is 1. The van der Waals surface area contributed by atoms with E-state index >= 15 is 0 Å². The smallest absolute Gasteiger partial charge is 0.151 e. The molecular weight excluding hydrogens is 388 g/mol. The van der Waals surface area contributed by atoms with Gasteiger partial charge < -0.3 is 10.2 Å². The van der Waals surface area contributed by atoms with Crippen LogP contribution in [-0.2, 0) is 0 Å². The van der Waals surface area contributed by atoms with Crippen molar-refractivity contribution in [3.05, 3.63) is 42.9 Å². The molecule has 1 aliphatic carbocycles. The summed E-state index contributed by atoms with van der Waals surface area (Å²) < 4.78 is 0. The van der Waals surface area contributed by atoms with E-state index in [0.29, 0.717) is 17.5 Å².